The molecule has 0 radical (unpaired) electrons. The van der Waals surface area contributed by atoms with Gasteiger partial charge in [-0.1, -0.05) is 0 Å². The van der Waals surface area contributed by atoms with Crippen molar-refractivity contribution in [2.24, 2.45) is 0 Å². The molecule has 1 aliphatic heterocycles. The monoisotopic (exact) mass is 517 g/mol. The average molecular weight is 518 g/mol. The molecule has 0 bridgehead atoms. The van der Waals surface area contributed by atoms with Gasteiger partial charge in [0, 0.05) is 43.9 Å². The minimum atomic E-state index is -0.647. The largest absolute Gasteiger partial charge is 0.490 e. The minimum Gasteiger partial charge on any atom is -0.490 e. The smallest absolute Gasteiger partial charge is 0.338 e. The number of hydrogen-bond donors (Lipinski definition) is 1. The van der Waals surface area contributed by atoms with E-state index in [2.05, 4.69) is 5.32 Å². The van der Waals surface area contributed by atoms with Crippen LogP contribution in [0.15, 0.2) is 36.4 Å². The van der Waals surface area contributed by atoms with Crippen LogP contribution in [0.5, 0.6) is 5.75 Å². The standard InChI is InChI=1S/C22H23N5O8S/c1-3-35-21(29)15-4-6-16(17(13-15)26(30)31)24-8-10-25(11-9-24)22(36)23-20(28)14-5-7-19(34-2)18(12-14)27(32)33/h4-7,12-13H,3,8-11H2,1-2H3,(H,23,28,36). The summed E-state index contributed by atoms with van der Waals surface area (Å²) in [7, 11) is 1.29. The van der Waals surface area contributed by atoms with Gasteiger partial charge >= 0.3 is 11.7 Å². The van der Waals surface area contributed by atoms with Crippen molar-refractivity contribution in [3.05, 3.63) is 67.8 Å². The van der Waals surface area contributed by atoms with Gasteiger partial charge in [-0.15, -0.1) is 0 Å². The van der Waals surface area contributed by atoms with E-state index < -0.39 is 21.7 Å². The molecule has 2 aromatic carbocycles. The van der Waals surface area contributed by atoms with Gasteiger partial charge in [0.25, 0.3) is 11.6 Å². The number of carbonyl (C=O) groups is 2. The minimum absolute atomic E-state index is 0.0274. The third kappa shape index (κ3) is 5.83. The first kappa shape index (κ1) is 26.3. The van der Waals surface area contributed by atoms with Gasteiger partial charge in [0.1, 0.15) is 5.69 Å². The summed E-state index contributed by atoms with van der Waals surface area (Å²) < 4.78 is 9.85. The van der Waals surface area contributed by atoms with Gasteiger partial charge in [-0.25, -0.2) is 4.79 Å². The number of rotatable bonds is 7. The molecule has 3 rings (SSSR count). The lowest BCUT2D eigenvalue weighted by Crippen LogP contribution is -2.52. The van der Waals surface area contributed by atoms with E-state index >= 15 is 0 Å². The molecule has 190 valence electrons. The highest BCUT2D eigenvalue weighted by Gasteiger charge is 2.27. The van der Waals surface area contributed by atoms with Crippen LogP contribution in [-0.4, -0.2) is 71.6 Å². The van der Waals surface area contributed by atoms with Crippen LogP contribution in [0.25, 0.3) is 0 Å². The lowest BCUT2D eigenvalue weighted by molar-refractivity contribution is -0.385. The number of anilines is 1. The molecule has 0 aromatic heterocycles. The number of nitrogens with zero attached hydrogens (tertiary/aromatic N) is 4. The highest BCUT2D eigenvalue weighted by molar-refractivity contribution is 7.80. The van der Waals surface area contributed by atoms with Crippen molar-refractivity contribution >= 4 is 46.3 Å². The van der Waals surface area contributed by atoms with Gasteiger partial charge in [-0.05, 0) is 43.4 Å². The number of thiocarbonyl (C=S) groups is 1. The van der Waals surface area contributed by atoms with E-state index in [1.165, 1.54) is 37.4 Å². The van der Waals surface area contributed by atoms with Gasteiger partial charge in [0.2, 0.25) is 0 Å². The number of piperazine rings is 1. The summed E-state index contributed by atoms with van der Waals surface area (Å²) in [5, 5.41) is 25.5. The van der Waals surface area contributed by atoms with Crippen LogP contribution in [0.4, 0.5) is 17.1 Å². The second-order valence-corrected chi connectivity index (χ2v) is 7.94. The number of carbonyl (C=O) groups excluding carboxylic acids is 2. The molecule has 2 aromatic rings. The van der Waals surface area contributed by atoms with Gasteiger partial charge in [0.15, 0.2) is 10.9 Å². The highest BCUT2D eigenvalue weighted by Crippen LogP contribution is 2.31. The SMILES string of the molecule is CCOC(=O)c1ccc(N2CCN(C(=S)NC(=O)c3ccc(OC)c([N+](=O)[O-])c3)CC2)c([N+](=O)[O-])c1. The summed E-state index contributed by atoms with van der Waals surface area (Å²) in [4.78, 5) is 49.7. The molecule has 1 aliphatic rings. The number of esters is 1. The van der Waals surface area contributed by atoms with Crippen LogP contribution in [0, 0.1) is 20.2 Å². The number of amides is 1. The molecule has 0 spiro atoms. The molecule has 1 saturated heterocycles. The zero-order valence-electron chi connectivity index (χ0n) is 19.5. The number of nitro benzene ring substituents is 2. The lowest BCUT2D eigenvalue weighted by Gasteiger charge is -2.37. The average Bonchev–Trinajstić information content (AvgIpc) is 2.87. The van der Waals surface area contributed by atoms with Crippen LogP contribution in [0.1, 0.15) is 27.6 Å². The van der Waals surface area contributed by atoms with Crippen LogP contribution in [-0.2, 0) is 4.74 Å². The summed E-state index contributed by atoms with van der Waals surface area (Å²) in [5.74, 6) is -1.22. The predicted molar refractivity (Wildman–Crippen MR) is 133 cm³/mol. The number of hydrogen-bond acceptors (Lipinski definition) is 10. The third-order valence-electron chi connectivity index (χ3n) is 5.45. The summed E-state index contributed by atoms with van der Waals surface area (Å²) in [6.07, 6.45) is 0. The molecule has 1 amide bonds. The molecule has 1 heterocycles. The molecule has 1 N–H and O–H groups in total. The second-order valence-electron chi connectivity index (χ2n) is 7.56. The van der Waals surface area contributed by atoms with Crippen molar-refractivity contribution in [2.45, 2.75) is 6.92 Å². The molecule has 36 heavy (non-hydrogen) atoms. The molecular weight excluding hydrogens is 494 g/mol. The number of nitrogens with one attached hydrogen (secondary N) is 1. The van der Waals surface area contributed by atoms with Crippen LogP contribution in [0.3, 0.4) is 0 Å². The molecule has 0 atom stereocenters. The van der Waals surface area contributed by atoms with Crippen molar-refractivity contribution in [3.8, 4) is 5.75 Å². The topological polar surface area (TPSA) is 157 Å². The first-order valence-electron chi connectivity index (χ1n) is 10.8. The lowest BCUT2D eigenvalue weighted by atomic mass is 10.1. The zero-order valence-corrected chi connectivity index (χ0v) is 20.3. The first-order valence-corrected chi connectivity index (χ1v) is 11.2. The Kier molecular flexibility index (Phi) is 8.32. The Morgan fingerprint density at radius 3 is 2.19 bits per heavy atom. The fourth-order valence-electron chi connectivity index (χ4n) is 3.65. The van der Waals surface area contributed by atoms with Crippen molar-refractivity contribution in [1.29, 1.82) is 0 Å². The number of nitro groups is 2. The Bertz CT molecular complexity index is 1210. The van der Waals surface area contributed by atoms with E-state index in [0.29, 0.717) is 31.9 Å². The quantitative estimate of drug-likeness (QED) is 0.249. The summed E-state index contributed by atoms with van der Waals surface area (Å²) in [6, 6.07) is 8.00. The van der Waals surface area contributed by atoms with Crippen molar-refractivity contribution in [1.82, 2.24) is 10.2 Å². The maximum atomic E-state index is 12.6. The van der Waals surface area contributed by atoms with Gasteiger partial charge in [-0.2, -0.15) is 0 Å². The van der Waals surface area contributed by atoms with Crippen LogP contribution < -0.4 is 15.0 Å². The van der Waals surface area contributed by atoms with E-state index in [0.717, 1.165) is 6.07 Å². The van der Waals surface area contributed by atoms with Gasteiger partial charge in [-0.3, -0.25) is 30.3 Å². The maximum absolute atomic E-state index is 12.6. The molecule has 13 nitrogen and oxygen atoms in total. The van der Waals surface area contributed by atoms with Crippen molar-refractivity contribution in [2.75, 3.05) is 44.8 Å². The van der Waals surface area contributed by atoms with E-state index in [1.807, 2.05) is 0 Å². The Labute approximate surface area is 210 Å². The third-order valence-corrected chi connectivity index (χ3v) is 5.81. The first-order chi connectivity index (χ1) is 17.2. The molecule has 1 fully saturated rings. The fraction of sp³-hybridized carbons (Fsp3) is 0.318. The number of ether oxygens (including phenoxy) is 2. The van der Waals surface area contributed by atoms with E-state index in [-0.39, 0.29) is 40.0 Å². The molecule has 14 heteroatoms. The van der Waals surface area contributed by atoms with Gasteiger partial charge < -0.3 is 19.3 Å². The highest BCUT2D eigenvalue weighted by atomic mass is 32.1. The van der Waals surface area contributed by atoms with E-state index in [1.54, 1.807) is 16.7 Å². The molecule has 0 unspecified atom stereocenters. The number of benzene rings is 2. The molecular formula is C22H23N5O8S. The summed E-state index contributed by atoms with van der Waals surface area (Å²) >= 11 is 5.33. The van der Waals surface area contributed by atoms with E-state index in [4.69, 9.17) is 21.7 Å². The fourth-order valence-corrected chi connectivity index (χ4v) is 3.93. The number of methoxy groups -OCH3 is 1. The summed E-state index contributed by atoms with van der Waals surface area (Å²) in [5.41, 5.74) is -0.0752. The van der Waals surface area contributed by atoms with Gasteiger partial charge in [0.05, 0.1) is 29.1 Å². The summed E-state index contributed by atoms with van der Waals surface area (Å²) in [6.45, 7) is 3.25. The zero-order chi connectivity index (χ0) is 26.4. The van der Waals surface area contributed by atoms with Crippen molar-refractivity contribution in [3.63, 3.8) is 0 Å². The van der Waals surface area contributed by atoms with Crippen LogP contribution in [0.2, 0.25) is 0 Å². The Morgan fingerprint density at radius 2 is 1.61 bits per heavy atom. The Balaban J connectivity index is 1.66. The van der Waals surface area contributed by atoms with E-state index in [9.17, 15) is 29.8 Å². The molecule has 0 saturated carbocycles. The maximum Gasteiger partial charge on any atom is 0.338 e. The Morgan fingerprint density at radius 1 is 1.00 bits per heavy atom. The molecule has 0 aliphatic carbocycles. The van der Waals surface area contributed by atoms with Crippen LogP contribution >= 0.6 is 12.2 Å². The normalized spacial score (nSPS) is 13.1. The predicted octanol–water partition coefficient (Wildman–Crippen LogP) is 2.53. The van der Waals surface area contributed by atoms with Crippen molar-refractivity contribution < 1.29 is 28.9 Å². The second kappa shape index (κ2) is 11.4. The Hall–Kier alpha value is -4.33.